The molecule has 0 aliphatic heterocycles. The zero-order valence-corrected chi connectivity index (χ0v) is 9.25. The van der Waals surface area contributed by atoms with Crippen LogP contribution in [0.5, 0.6) is 0 Å². The summed E-state index contributed by atoms with van der Waals surface area (Å²) < 4.78 is 0. The van der Waals surface area contributed by atoms with Crippen LogP contribution in [0.2, 0.25) is 0 Å². The summed E-state index contributed by atoms with van der Waals surface area (Å²) in [5, 5.41) is 1.25. The third-order valence-corrected chi connectivity index (χ3v) is 2.46. The molecule has 3 nitrogen and oxygen atoms in total. The third kappa shape index (κ3) is 2.19. The van der Waals surface area contributed by atoms with Gasteiger partial charge in [-0.2, -0.15) is 0 Å². The number of nitrogens with zero attached hydrogens (tertiary/aromatic N) is 1. The second-order valence-electron chi connectivity index (χ2n) is 4.16. The zero-order valence-electron chi connectivity index (χ0n) is 9.25. The molecule has 3 N–H and O–H groups in total. The molecule has 0 saturated heterocycles. The van der Waals surface area contributed by atoms with Gasteiger partial charge in [0, 0.05) is 29.7 Å². The average molecular weight is 203 g/mol. The van der Waals surface area contributed by atoms with Crippen LogP contribution in [0.15, 0.2) is 24.3 Å². The fourth-order valence-corrected chi connectivity index (χ4v) is 1.80. The molecule has 0 aliphatic rings. The van der Waals surface area contributed by atoms with Crippen molar-refractivity contribution in [3.63, 3.8) is 0 Å². The lowest BCUT2D eigenvalue weighted by Crippen LogP contribution is -2.10. The first kappa shape index (κ1) is 10.2. The molecule has 0 atom stereocenters. The molecule has 0 aliphatic carbocycles. The normalized spacial score (nSPS) is 11.5. The van der Waals surface area contributed by atoms with Gasteiger partial charge in [-0.25, -0.2) is 0 Å². The molecule has 0 bridgehead atoms. The first-order valence-electron chi connectivity index (χ1n) is 5.14. The predicted octanol–water partition coefficient (Wildman–Crippen LogP) is 1.69. The largest absolute Gasteiger partial charge is 0.357 e. The number of benzene rings is 1. The quantitative estimate of drug-likeness (QED) is 0.797. The van der Waals surface area contributed by atoms with Gasteiger partial charge in [-0.05, 0) is 37.9 Å². The van der Waals surface area contributed by atoms with E-state index in [2.05, 4.69) is 48.2 Å². The Morgan fingerprint density at radius 1 is 1.27 bits per heavy atom. The number of nitrogens with two attached hydrogens (primary N) is 1. The minimum Gasteiger partial charge on any atom is -0.357 e. The Hall–Kier alpha value is -1.32. The first-order valence-corrected chi connectivity index (χ1v) is 5.14. The highest BCUT2D eigenvalue weighted by molar-refractivity contribution is 5.81. The van der Waals surface area contributed by atoms with Crippen LogP contribution >= 0.6 is 0 Å². The van der Waals surface area contributed by atoms with Crippen molar-refractivity contribution in [3.05, 3.63) is 35.5 Å². The molecule has 3 heteroatoms. The van der Waals surface area contributed by atoms with Gasteiger partial charge in [-0.15, -0.1) is 0 Å². The van der Waals surface area contributed by atoms with E-state index in [0.29, 0.717) is 6.54 Å². The molecule has 80 valence electrons. The van der Waals surface area contributed by atoms with E-state index in [1.807, 2.05) is 0 Å². The van der Waals surface area contributed by atoms with Crippen molar-refractivity contribution >= 4 is 10.9 Å². The minimum atomic E-state index is 0.601. The topological polar surface area (TPSA) is 45.0 Å². The maximum Gasteiger partial charge on any atom is 0.0456 e. The molecule has 2 aromatic rings. The van der Waals surface area contributed by atoms with Crippen molar-refractivity contribution < 1.29 is 0 Å². The maximum atomic E-state index is 5.61. The fraction of sp³-hybridized carbons (Fsp3) is 0.333. The number of fused-ring (bicyclic) bond motifs is 1. The monoisotopic (exact) mass is 203 g/mol. The van der Waals surface area contributed by atoms with Gasteiger partial charge in [0.1, 0.15) is 0 Å². The van der Waals surface area contributed by atoms with E-state index in [1.165, 1.54) is 22.2 Å². The molecule has 1 aromatic heterocycles. The maximum absolute atomic E-state index is 5.61. The molecule has 0 unspecified atom stereocenters. The van der Waals surface area contributed by atoms with E-state index in [-0.39, 0.29) is 0 Å². The number of H-pyrrole nitrogens is 1. The molecule has 0 saturated carbocycles. The van der Waals surface area contributed by atoms with Gasteiger partial charge in [0.05, 0.1) is 0 Å². The summed E-state index contributed by atoms with van der Waals surface area (Å²) >= 11 is 0. The Bertz CT molecular complexity index is 457. The van der Waals surface area contributed by atoms with E-state index < -0.39 is 0 Å². The number of aromatic nitrogens is 1. The standard InChI is InChI=1S/C12H17N3/c1-15(2)8-11-6-10-5-9(7-13)3-4-12(10)14-11/h3-6,14H,7-8,13H2,1-2H3. The molecular formula is C12H17N3. The SMILES string of the molecule is CN(C)Cc1cc2cc(CN)ccc2[nH]1. The Morgan fingerprint density at radius 3 is 2.73 bits per heavy atom. The fourth-order valence-electron chi connectivity index (χ4n) is 1.80. The van der Waals surface area contributed by atoms with Crippen molar-refractivity contribution in [2.75, 3.05) is 14.1 Å². The summed E-state index contributed by atoms with van der Waals surface area (Å²) in [6, 6.07) is 8.49. The van der Waals surface area contributed by atoms with Crippen LogP contribution < -0.4 is 5.73 Å². The van der Waals surface area contributed by atoms with Crippen LogP contribution in [0.4, 0.5) is 0 Å². The highest BCUT2D eigenvalue weighted by Gasteiger charge is 2.02. The molecule has 15 heavy (non-hydrogen) atoms. The molecule has 2 rings (SSSR count). The molecule has 0 radical (unpaired) electrons. The summed E-state index contributed by atoms with van der Waals surface area (Å²) in [6.45, 7) is 1.54. The molecule has 1 heterocycles. The van der Waals surface area contributed by atoms with Crippen LogP contribution in [0, 0.1) is 0 Å². The molecule has 0 spiro atoms. The summed E-state index contributed by atoms with van der Waals surface area (Å²) in [5.74, 6) is 0. The van der Waals surface area contributed by atoms with Crippen molar-refractivity contribution in [2.45, 2.75) is 13.1 Å². The second kappa shape index (κ2) is 4.04. The van der Waals surface area contributed by atoms with E-state index in [9.17, 15) is 0 Å². The lowest BCUT2D eigenvalue weighted by atomic mass is 10.1. The van der Waals surface area contributed by atoms with E-state index in [0.717, 1.165) is 6.54 Å². The highest BCUT2D eigenvalue weighted by atomic mass is 15.1. The van der Waals surface area contributed by atoms with Gasteiger partial charge in [0.2, 0.25) is 0 Å². The Labute approximate surface area is 89.9 Å². The number of aromatic amines is 1. The smallest absolute Gasteiger partial charge is 0.0456 e. The van der Waals surface area contributed by atoms with E-state index in [1.54, 1.807) is 0 Å². The van der Waals surface area contributed by atoms with E-state index in [4.69, 9.17) is 5.73 Å². The van der Waals surface area contributed by atoms with Crippen LogP contribution in [0.1, 0.15) is 11.3 Å². The van der Waals surface area contributed by atoms with Gasteiger partial charge in [0.15, 0.2) is 0 Å². The summed E-state index contributed by atoms with van der Waals surface area (Å²) in [6.07, 6.45) is 0. The average Bonchev–Trinajstić information content (AvgIpc) is 2.57. The van der Waals surface area contributed by atoms with Crippen LogP contribution in [0.25, 0.3) is 10.9 Å². The van der Waals surface area contributed by atoms with Crippen LogP contribution in [-0.2, 0) is 13.1 Å². The van der Waals surface area contributed by atoms with E-state index >= 15 is 0 Å². The minimum absolute atomic E-state index is 0.601. The molecule has 0 fully saturated rings. The van der Waals surface area contributed by atoms with Gasteiger partial charge >= 0.3 is 0 Å². The van der Waals surface area contributed by atoms with Crippen LogP contribution in [0.3, 0.4) is 0 Å². The van der Waals surface area contributed by atoms with Gasteiger partial charge in [-0.1, -0.05) is 6.07 Å². The van der Waals surface area contributed by atoms with Gasteiger partial charge in [0.25, 0.3) is 0 Å². The molecule has 1 aromatic carbocycles. The summed E-state index contributed by atoms with van der Waals surface area (Å²) in [5.41, 5.74) is 9.21. The summed E-state index contributed by atoms with van der Waals surface area (Å²) in [7, 11) is 4.13. The summed E-state index contributed by atoms with van der Waals surface area (Å²) in [4.78, 5) is 5.54. The van der Waals surface area contributed by atoms with Gasteiger partial charge < -0.3 is 15.6 Å². The third-order valence-electron chi connectivity index (χ3n) is 2.46. The van der Waals surface area contributed by atoms with Crippen molar-refractivity contribution in [2.24, 2.45) is 5.73 Å². The molecule has 0 amide bonds. The second-order valence-corrected chi connectivity index (χ2v) is 4.16. The zero-order chi connectivity index (χ0) is 10.8. The highest BCUT2D eigenvalue weighted by Crippen LogP contribution is 2.17. The number of hydrogen-bond donors (Lipinski definition) is 2. The van der Waals surface area contributed by atoms with Crippen molar-refractivity contribution in [1.29, 1.82) is 0 Å². The lowest BCUT2D eigenvalue weighted by Gasteiger charge is -2.06. The number of hydrogen-bond acceptors (Lipinski definition) is 2. The number of nitrogens with one attached hydrogen (secondary N) is 1. The molecular weight excluding hydrogens is 186 g/mol. The number of rotatable bonds is 3. The van der Waals surface area contributed by atoms with Gasteiger partial charge in [-0.3, -0.25) is 0 Å². The Balaban J connectivity index is 2.37. The van der Waals surface area contributed by atoms with Crippen LogP contribution in [-0.4, -0.2) is 24.0 Å². The predicted molar refractivity (Wildman–Crippen MR) is 63.6 cm³/mol. The lowest BCUT2D eigenvalue weighted by molar-refractivity contribution is 0.398. The van der Waals surface area contributed by atoms with Crippen molar-refractivity contribution in [1.82, 2.24) is 9.88 Å². The Kier molecular flexibility index (Phi) is 2.75. The first-order chi connectivity index (χ1) is 7.19. The van der Waals surface area contributed by atoms with Crippen molar-refractivity contribution in [3.8, 4) is 0 Å². The Morgan fingerprint density at radius 2 is 2.07 bits per heavy atom.